The minimum absolute atomic E-state index is 0.0156. The van der Waals surface area contributed by atoms with Crippen LogP contribution in [-0.2, 0) is 5.67 Å². The van der Waals surface area contributed by atoms with Crippen LogP contribution in [0.4, 0.5) is 4.39 Å². The highest BCUT2D eigenvalue weighted by molar-refractivity contribution is 5.46. The van der Waals surface area contributed by atoms with Gasteiger partial charge in [0.1, 0.15) is 18.9 Å². The Morgan fingerprint density at radius 3 is 2.56 bits per heavy atom. The van der Waals surface area contributed by atoms with Gasteiger partial charge in [0.2, 0.25) is 0 Å². The third-order valence-electron chi connectivity index (χ3n) is 3.23. The van der Waals surface area contributed by atoms with Crippen molar-refractivity contribution in [2.75, 3.05) is 13.2 Å². The molecule has 86 valence electrons. The van der Waals surface area contributed by atoms with E-state index in [9.17, 15) is 4.39 Å². The average molecular weight is 223 g/mol. The number of halogens is 1. The lowest BCUT2D eigenvalue weighted by Gasteiger charge is -2.40. The van der Waals surface area contributed by atoms with Gasteiger partial charge in [-0.15, -0.1) is 0 Å². The predicted molar refractivity (Wildman–Crippen MR) is 57.4 cm³/mol. The quantitative estimate of drug-likeness (QED) is 0.788. The third kappa shape index (κ3) is 1.45. The summed E-state index contributed by atoms with van der Waals surface area (Å²) < 4.78 is 25.1. The fourth-order valence-corrected chi connectivity index (χ4v) is 2.33. The first-order chi connectivity index (χ1) is 7.67. The molecule has 3 rings (SSSR count). The molecular weight excluding hydrogens is 209 g/mol. The van der Waals surface area contributed by atoms with Crippen LogP contribution < -0.4 is 15.2 Å². The van der Waals surface area contributed by atoms with Gasteiger partial charge in [0.25, 0.3) is 0 Å². The first kappa shape index (κ1) is 9.90. The minimum Gasteiger partial charge on any atom is -0.486 e. The van der Waals surface area contributed by atoms with Crippen molar-refractivity contribution in [3.63, 3.8) is 0 Å². The average Bonchev–Trinajstić information content (AvgIpc) is 2.26. The molecule has 16 heavy (non-hydrogen) atoms. The Balaban J connectivity index is 1.91. The molecule has 1 aliphatic heterocycles. The summed E-state index contributed by atoms with van der Waals surface area (Å²) in [4.78, 5) is 0. The topological polar surface area (TPSA) is 44.5 Å². The molecule has 1 saturated carbocycles. The molecule has 0 atom stereocenters. The molecule has 2 N–H and O–H groups in total. The lowest BCUT2D eigenvalue weighted by molar-refractivity contribution is 0.0399. The second-order valence-electron chi connectivity index (χ2n) is 4.49. The summed E-state index contributed by atoms with van der Waals surface area (Å²) >= 11 is 0. The highest BCUT2D eigenvalue weighted by Crippen LogP contribution is 2.46. The van der Waals surface area contributed by atoms with E-state index in [1.807, 2.05) is 0 Å². The Morgan fingerprint density at radius 2 is 1.88 bits per heavy atom. The van der Waals surface area contributed by atoms with Gasteiger partial charge < -0.3 is 15.2 Å². The van der Waals surface area contributed by atoms with Crippen LogP contribution in [0, 0.1) is 0 Å². The molecule has 0 spiro atoms. The normalized spacial score (nSPS) is 32.0. The Labute approximate surface area is 93.3 Å². The van der Waals surface area contributed by atoms with Crippen molar-refractivity contribution in [3.05, 3.63) is 23.8 Å². The standard InChI is InChI=1S/C12H14FNO2/c13-12(6-9(14)7-12)8-1-2-10-11(5-8)16-4-3-15-10/h1-2,5,9H,3-4,6-7,14H2. The maximum absolute atomic E-state index is 14.3. The van der Waals surface area contributed by atoms with Crippen LogP contribution >= 0.6 is 0 Å². The van der Waals surface area contributed by atoms with Gasteiger partial charge in [0, 0.05) is 18.9 Å². The van der Waals surface area contributed by atoms with Crippen molar-refractivity contribution in [1.29, 1.82) is 0 Å². The van der Waals surface area contributed by atoms with Gasteiger partial charge >= 0.3 is 0 Å². The number of hydrogen-bond acceptors (Lipinski definition) is 3. The van der Waals surface area contributed by atoms with Gasteiger partial charge in [-0.2, -0.15) is 0 Å². The van der Waals surface area contributed by atoms with E-state index >= 15 is 0 Å². The number of hydrogen-bond donors (Lipinski definition) is 1. The van der Waals surface area contributed by atoms with Gasteiger partial charge in [-0.05, 0) is 17.7 Å². The lowest BCUT2D eigenvalue weighted by Crippen LogP contribution is -2.46. The van der Waals surface area contributed by atoms with Gasteiger partial charge in [-0.1, -0.05) is 6.07 Å². The van der Waals surface area contributed by atoms with Crippen molar-refractivity contribution in [3.8, 4) is 11.5 Å². The predicted octanol–water partition coefficient (Wildman–Crippen LogP) is 1.74. The number of benzene rings is 1. The van der Waals surface area contributed by atoms with E-state index in [2.05, 4.69) is 0 Å². The van der Waals surface area contributed by atoms with Crippen LogP contribution in [0.5, 0.6) is 11.5 Å². The fraction of sp³-hybridized carbons (Fsp3) is 0.500. The van der Waals surface area contributed by atoms with E-state index in [-0.39, 0.29) is 6.04 Å². The van der Waals surface area contributed by atoms with Crippen molar-refractivity contribution in [2.24, 2.45) is 5.73 Å². The molecule has 0 bridgehead atoms. The SMILES string of the molecule is NC1CC(F)(c2ccc3c(c2)OCCO3)C1. The summed E-state index contributed by atoms with van der Waals surface area (Å²) in [7, 11) is 0. The molecule has 1 fully saturated rings. The van der Waals surface area contributed by atoms with Crippen molar-refractivity contribution >= 4 is 0 Å². The molecule has 1 aliphatic carbocycles. The van der Waals surface area contributed by atoms with Gasteiger partial charge in [-0.25, -0.2) is 4.39 Å². The molecule has 0 amide bonds. The molecule has 1 heterocycles. The Bertz CT molecular complexity index is 415. The molecule has 2 aliphatic rings. The number of ether oxygens (including phenoxy) is 2. The first-order valence-electron chi connectivity index (χ1n) is 5.52. The maximum atomic E-state index is 14.3. The summed E-state index contributed by atoms with van der Waals surface area (Å²) in [5.41, 5.74) is 5.02. The minimum atomic E-state index is -1.27. The smallest absolute Gasteiger partial charge is 0.161 e. The third-order valence-corrected chi connectivity index (χ3v) is 3.23. The van der Waals surface area contributed by atoms with Gasteiger partial charge in [-0.3, -0.25) is 0 Å². The van der Waals surface area contributed by atoms with Crippen LogP contribution in [-0.4, -0.2) is 19.3 Å². The Kier molecular flexibility index (Phi) is 2.07. The molecule has 0 aromatic heterocycles. The monoisotopic (exact) mass is 223 g/mol. The summed E-state index contributed by atoms with van der Waals surface area (Å²) in [6.45, 7) is 1.08. The molecule has 3 nitrogen and oxygen atoms in total. The molecular formula is C12H14FNO2. The van der Waals surface area contributed by atoms with Crippen molar-refractivity contribution in [2.45, 2.75) is 24.6 Å². The van der Waals surface area contributed by atoms with Crippen LogP contribution in [0.3, 0.4) is 0 Å². The molecule has 0 radical (unpaired) electrons. The fourth-order valence-electron chi connectivity index (χ4n) is 2.33. The largest absolute Gasteiger partial charge is 0.486 e. The van der Waals surface area contributed by atoms with Crippen LogP contribution in [0.1, 0.15) is 18.4 Å². The molecule has 1 aromatic rings. The van der Waals surface area contributed by atoms with E-state index in [0.29, 0.717) is 43.1 Å². The zero-order valence-corrected chi connectivity index (χ0v) is 8.91. The summed E-state index contributed by atoms with van der Waals surface area (Å²) in [6, 6.07) is 5.26. The highest BCUT2D eigenvalue weighted by Gasteiger charge is 2.44. The lowest BCUT2D eigenvalue weighted by atomic mass is 9.73. The number of fused-ring (bicyclic) bond motifs is 1. The zero-order valence-electron chi connectivity index (χ0n) is 8.91. The summed E-state index contributed by atoms with van der Waals surface area (Å²) in [6.07, 6.45) is 0.791. The molecule has 4 heteroatoms. The summed E-state index contributed by atoms with van der Waals surface area (Å²) in [5.74, 6) is 1.34. The highest BCUT2D eigenvalue weighted by atomic mass is 19.1. The Morgan fingerprint density at radius 1 is 1.19 bits per heavy atom. The van der Waals surface area contributed by atoms with E-state index in [1.54, 1.807) is 18.2 Å². The number of rotatable bonds is 1. The molecule has 1 aromatic carbocycles. The van der Waals surface area contributed by atoms with E-state index in [0.717, 1.165) is 0 Å². The van der Waals surface area contributed by atoms with E-state index in [4.69, 9.17) is 15.2 Å². The van der Waals surface area contributed by atoms with Crippen LogP contribution in [0.15, 0.2) is 18.2 Å². The number of alkyl halides is 1. The number of nitrogens with two attached hydrogens (primary N) is 1. The Hall–Kier alpha value is -1.29. The first-order valence-corrected chi connectivity index (χ1v) is 5.52. The van der Waals surface area contributed by atoms with Gasteiger partial charge in [0.05, 0.1) is 0 Å². The molecule has 0 saturated heterocycles. The second kappa shape index (κ2) is 3.35. The van der Waals surface area contributed by atoms with Crippen LogP contribution in [0.2, 0.25) is 0 Å². The zero-order chi connectivity index (χ0) is 11.2. The van der Waals surface area contributed by atoms with Gasteiger partial charge in [0.15, 0.2) is 11.5 Å². The van der Waals surface area contributed by atoms with Crippen molar-refractivity contribution < 1.29 is 13.9 Å². The summed E-state index contributed by atoms with van der Waals surface area (Å²) in [5, 5.41) is 0. The van der Waals surface area contributed by atoms with E-state index < -0.39 is 5.67 Å². The molecule has 0 unspecified atom stereocenters. The maximum Gasteiger partial charge on any atom is 0.161 e. The second-order valence-corrected chi connectivity index (χ2v) is 4.49. The van der Waals surface area contributed by atoms with Crippen molar-refractivity contribution in [1.82, 2.24) is 0 Å². The van der Waals surface area contributed by atoms with Crippen LogP contribution in [0.25, 0.3) is 0 Å². The van der Waals surface area contributed by atoms with E-state index in [1.165, 1.54) is 0 Å².